The van der Waals surface area contributed by atoms with Crippen LogP contribution in [0.1, 0.15) is 43.1 Å². The van der Waals surface area contributed by atoms with E-state index in [4.69, 9.17) is 4.74 Å². The molecule has 6 nitrogen and oxygen atoms in total. The Labute approximate surface area is 124 Å². The van der Waals surface area contributed by atoms with Gasteiger partial charge < -0.3 is 15.4 Å². The van der Waals surface area contributed by atoms with E-state index in [2.05, 4.69) is 20.8 Å². The predicted octanol–water partition coefficient (Wildman–Crippen LogP) is 1.60. The maximum Gasteiger partial charge on any atom is 0.271 e. The van der Waals surface area contributed by atoms with Gasteiger partial charge in [-0.1, -0.05) is 0 Å². The van der Waals surface area contributed by atoms with Gasteiger partial charge in [0.05, 0.1) is 6.10 Å². The van der Waals surface area contributed by atoms with E-state index in [1.165, 1.54) is 12.8 Å². The Kier molecular flexibility index (Phi) is 4.34. The molecule has 1 saturated carbocycles. The zero-order valence-corrected chi connectivity index (χ0v) is 12.3. The molecule has 0 spiro atoms. The summed E-state index contributed by atoms with van der Waals surface area (Å²) in [6, 6.07) is 3.94. The third kappa shape index (κ3) is 3.15. The van der Waals surface area contributed by atoms with E-state index in [-0.39, 0.29) is 5.91 Å². The molecule has 6 heteroatoms. The van der Waals surface area contributed by atoms with Crippen molar-refractivity contribution in [3.8, 4) is 0 Å². The average molecular weight is 290 g/mol. The maximum atomic E-state index is 11.6. The summed E-state index contributed by atoms with van der Waals surface area (Å²) in [7, 11) is 0. The number of amides is 1. The number of anilines is 1. The van der Waals surface area contributed by atoms with E-state index in [0.717, 1.165) is 25.3 Å². The van der Waals surface area contributed by atoms with Crippen LogP contribution in [0.25, 0.3) is 0 Å². The van der Waals surface area contributed by atoms with E-state index in [1.807, 2.05) is 13.0 Å². The molecule has 1 aromatic rings. The monoisotopic (exact) mass is 290 g/mol. The van der Waals surface area contributed by atoms with Gasteiger partial charge in [0.1, 0.15) is 5.82 Å². The molecular weight excluding hydrogens is 268 g/mol. The highest BCUT2D eigenvalue weighted by atomic mass is 16.5. The first-order valence-electron chi connectivity index (χ1n) is 7.78. The number of aromatic nitrogens is 2. The van der Waals surface area contributed by atoms with Gasteiger partial charge in [0.15, 0.2) is 5.69 Å². The summed E-state index contributed by atoms with van der Waals surface area (Å²) in [5, 5.41) is 14.3. The summed E-state index contributed by atoms with van der Waals surface area (Å²) < 4.78 is 5.77. The molecule has 2 N–H and O–H groups in total. The minimum Gasteiger partial charge on any atom is -0.378 e. The molecule has 0 radical (unpaired) electrons. The molecular formula is C15H22N4O2. The SMILES string of the molecule is CCNC(=O)c1ccc(N[C@@H]2CCC[C@@H]3OCC[C@H]32)nn1. The van der Waals surface area contributed by atoms with Crippen molar-refractivity contribution in [1.82, 2.24) is 15.5 Å². The predicted molar refractivity (Wildman–Crippen MR) is 79.1 cm³/mol. The van der Waals surface area contributed by atoms with E-state index < -0.39 is 0 Å². The van der Waals surface area contributed by atoms with Crippen LogP contribution in [0.4, 0.5) is 5.82 Å². The molecule has 1 aliphatic carbocycles. The second-order valence-corrected chi connectivity index (χ2v) is 5.71. The minimum absolute atomic E-state index is 0.182. The van der Waals surface area contributed by atoms with Gasteiger partial charge >= 0.3 is 0 Å². The second kappa shape index (κ2) is 6.39. The lowest BCUT2D eigenvalue weighted by molar-refractivity contribution is 0.0619. The Bertz CT molecular complexity index is 491. The van der Waals surface area contributed by atoms with Gasteiger partial charge in [0.2, 0.25) is 0 Å². The van der Waals surface area contributed by atoms with Gasteiger partial charge in [-0.3, -0.25) is 4.79 Å². The normalized spacial score (nSPS) is 28.0. The number of hydrogen-bond acceptors (Lipinski definition) is 5. The van der Waals surface area contributed by atoms with Crippen LogP contribution in [-0.4, -0.2) is 41.4 Å². The van der Waals surface area contributed by atoms with Gasteiger partial charge in [0, 0.05) is 25.1 Å². The lowest BCUT2D eigenvalue weighted by Crippen LogP contribution is -2.38. The summed E-state index contributed by atoms with van der Waals surface area (Å²) in [5.74, 6) is 1.13. The Morgan fingerprint density at radius 3 is 3.00 bits per heavy atom. The largest absolute Gasteiger partial charge is 0.378 e. The molecule has 3 atom stereocenters. The van der Waals surface area contributed by atoms with E-state index in [0.29, 0.717) is 30.3 Å². The first-order valence-corrected chi connectivity index (χ1v) is 7.78. The minimum atomic E-state index is -0.182. The first kappa shape index (κ1) is 14.3. The van der Waals surface area contributed by atoms with Crippen LogP contribution in [0.15, 0.2) is 12.1 Å². The standard InChI is InChI=1S/C15H22N4O2/c1-2-16-15(20)12-6-7-14(19-18-12)17-11-4-3-5-13-10(11)8-9-21-13/h6-7,10-11,13H,2-5,8-9H2,1H3,(H,16,20)(H,17,19)/t10-,11+,13-/m0/s1. The van der Waals surface area contributed by atoms with Crippen molar-refractivity contribution >= 4 is 11.7 Å². The van der Waals surface area contributed by atoms with Crippen LogP contribution in [-0.2, 0) is 4.74 Å². The third-order valence-electron chi connectivity index (χ3n) is 4.35. The average Bonchev–Trinajstić information content (AvgIpc) is 2.98. The number of ether oxygens (including phenoxy) is 1. The Morgan fingerprint density at radius 1 is 1.33 bits per heavy atom. The van der Waals surface area contributed by atoms with Crippen LogP contribution >= 0.6 is 0 Å². The molecule has 21 heavy (non-hydrogen) atoms. The summed E-state index contributed by atoms with van der Waals surface area (Å²) in [6.07, 6.45) is 5.02. The fraction of sp³-hybridized carbons (Fsp3) is 0.667. The quantitative estimate of drug-likeness (QED) is 0.881. The number of nitrogens with zero attached hydrogens (tertiary/aromatic N) is 2. The molecule has 1 aliphatic heterocycles. The highest BCUT2D eigenvalue weighted by Crippen LogP contribution is 2.35. The zero-order chi connectivity index (χ0) is 14.7. The molecule has 0 bridgehead atoms. The summed E-state index contributed by atoms with van der Waals surface area (Å²) in [5.41, 5.74) is 0.355. The number of nitrogens with one attached hydrogen (secondary N) is 2. The number of carbonyl (C=O) groups excluding carboxylic acids is 1. The van der Waals surface area contributed by atoms with Gasteiger partial charge in [-0.05, 0) is 44.7 Å². The van der Waals surface area contributed by atoms with E-state index in [9.17, 15) is 4.79 Å². The van der Waals surface area contributed by atoms with Crippen molar-refractivity contribution in [2.45, 2.75) is 44.8 Å². The number of rotatable bonds is 4. The lowest BCUT2D eigenvalue weighted by Gasteiger charge is -2.33. The molecule has 1 amide bonds. The number of carbonyl (C=O) groups is 1. The van der Waals surface area contributed by atoms with Crippen molar-refractivity contribution in [1.29, 1.82) is 0 Å². The van der Waals surface area contributed by atoms with Crippen molar-refractivity contribution in [2.75, 3.05) is 18.5 Å². The van der Waals surface area contributed by atoms with E-state index >= 15 is 0 Å². The number of hydrogen-bond donors (Lipinski definition) is 2. The smallest absolute Gasteiger partial charge is 0.271 e. The fourth-order valence-corrected chi connectivity index (χ4v) is 3.33. The van der Waals surface area contributed by atoms with Crippen molar-refractivity contribution in [2.24, 2.45) is 5.92 Å². The van der Waals surface area contributed by atoms with Crippen LogP contribution < -0.4 is 10.6 Å². The second-order valence-electron chi connectivity index (χ2n) is 5.71. The molecule has 2 heterocycles. The van der Waals surface area contributed by atoms with Crippen LogP contribution in [0, 0.1) is 5.92 Å². The molecule has 0 unspecified atom stereocenters. The Balaban J connectivity index is 1.63. The van der Waals surface area contributed by atoms with Crippen LogP contribution in [0.5, 0.6) is 0 Å². The molecule has 1 aromatic heterocycles. The number of fused-ring (bicyclic) bond motifs is 1. The van der Waals surface area contributed by atoms with Crippen molar-refractivity contribution in [3.63, 3.8) is 0 Å². The van der Waals surface area contributed by atoms with E-state index in [1.54, 1.807) is 6.07 Å². The highest BCUT2D eigenvalue weighted by molar-refractivity contribution is 5.92. The molecule has 3 rings (SSSR count). The Morgan fingerprint density at radius 2 is 2.24 bits per heavy atom. The summed E-state index contributed by atoms with van der Waals surface area (Å²) >= 11 is 0. The molecule has 114 valence electrons. The maximum absolute atomic E-state index is 11.6. The van der Waals surface area contributed by atoms with Crippen molar-refractivity contribution < 1.29 is 9.53 Å². The Hall–Kier alpha value is -1.69. The summed E-state index contributed by atoms with van der Waals surface area (Å²) in [6.45, 7) is 3.34. The topological polar surface area (TPSA) is 76.1 Å². The summed E-state index contributed by atoms with van der Waals surface area (Å²) in [4.78, 5) is 11.6. The van der Waals surface area contributed by atoms with Gasteiger partial charge in [-0.2, -0.15) is 0 Å². The third-order valence-corrected chi connectivity index (χ3v) is 4.35. The molecule has 0 aromatic carbocycles. The van der Waals surface area contributed by atoms with Gasteiger partial charge in [0.25, 0.3) is 5.91 Å². The van der Waals surface area contributed by atoms with Gasteiger partial charge in [-0.15, -0.1) is 10.2 Å². The van der Waals surface area contributed by atoms with Crippen LogP contribution in [0.2, 0.25) is 0 Å². The zero-order valence-electron chi connectivity index (χ0n) is 12.3. The van der Waals surface area contributed by atoms with Crippen LogP contribution in [0.3, 0.4) is 0 Å². The van der Waals surface area contributed by atoms with Gasteiger partial charge in [-0.25, -0.2) is 0 Å². The molecule has 2 aliphatic rings. The van der Waals surface area contributed by atoms with Crippen molar-refractivity contribution in [3.05, 3.63) is 17.8 Å². The lowest BCUT2D eigenvalue weighted by atomic mass is 9.82. The molecule has 1 saturated heterocycles. The fourth-order valence-electron chi connectivity index (χ4n) is 3.33. The first-order chi connectivity index (χ1) is 10.3. The molecule has 2 fully saturated rings. The highest BCUT2D eigenvalue weighted by Gasteiger charge is 2.37.